The molecule has 0 atom stereocenters. The molecule has 3 aliphatic heterocycles. The van der Waals surface area contributed by atoms with Gasteiger partial charge in [-0.2, -0.15) is 0 Å². The summed E-state index contributed by atoms with van der Waals surface area (Å²) in [6.07, 6.45) is 7.12. The minimum absolute atomic E-state index is 0.0185. The van der Waals surface area contributed by atoms with Crippen LogP contribution in [-0.4, -0.2) is 102 Å². The van der Waals surface area contributed by atoms with E-state index in [-0.39, 0.29) is 40.7 Å². The number of likely N-dealkylation sites (tertiary alicyclic amines) is 1. The maximum Gasteiger partial charge on any atom is 0.336 e. The van der Waals surface area contributed by atoms with Crippen molar-refractivity contribution in [3.8, 4) is 17.4 Å². The first-order chi connectivity index (χ1) is 20.8. The number of nitrogens with zero attached hydrogens (tertiary/aromatic N) is 5. The van der Waals surface area contributed by atoms with Gasteiger partial charge in [-0.05, 0) is 52.4 Å². The van der Waals surface area contributed by atoms with Crippen molar-refractivity contribution in [1.29, 1.82) is 0 Å². The smallest absolute Gasteiger partial charge is 0.336 e. The van der Waals surface area contributed by atoms with Crippen LogP contribution in [-0.2, 0) is 9.59 Å². The first-order valence-corrected chi connectivity index (χ1v) is 14.4. The molecule has 0 unspecified atom stereocenters. The van der Waals surface area contributed by atoms with E-state index in [1.807, 2.05) is 0 Å². The summed E-state index contributed by atoms with van der Waals surface area (Å²) in [5, 5.41) is 4.34. The molecular weight excluding hydrogens is 562 g/mol. The van der Waals surface area contributed by atoms with E-state index < -0.39 is 23.2 Å². The third-order valence-corrected chi connectivity index (χ3v) is 7.97. The topological polar surface area (TPSA) is 149 Å². The lowest BCUT2D eigenvalue weighted by Gasteiger charge is -2.42. The number of carbonyl (C=O) groups excluding carboxylic acids is 2. The van der Waals surface area contributed by atoms with Crippen LogP contribution in [0.3, 0.4) is 0 Å². The van der Waals surface area contributed by atoms with Crippen LogP contribution in [0.5, 0.6) is 17.4 Å². The number of hydrogen-bond donors (Lipinski definition) is 0. The fourth-order valence-electron chi connectivity index (χ4n) is 5.68. The highest BCUT2D eigenvalue weighted by molar-refractivity contribution is 6.00. The van der Waals surface area contributed by atoms with Crippen molar-refractivity contribution < 1.29 is 32.6 Å². The van der Waals surface area contributed by atoms with E-state index in [9.17, 15) is 19.2 Å². The molecule has 228 valence electrons. The molecule has 0 saturated carbocycles. The van der Waals surface area contributed by atoms with E-state index in [1.54, 1.807) is 0 Å². The largest absolute Gasteiger partial charge is 0.474 e. The van der Waals surface area contributed by atoms with Crippen LogP contribution < -0.4 is 25.5 Å². The van der Waals surface area contributed by atoms with E-state index >= 15 is 0 Å². The van der Waals surface area contributed by atoms with Gasteiger partial charge in [-0.15, -0.1) is 5.10 Å². The number of piperazine rings is 1. The molecular formula is C29H33N5O9. The van der Waals surface area contributed by atoms with E-state index in [0.717, 1.165) is 69.9 Å². The predicted octanol–water partition coefficient (Wildman–Crippen LogP) is 1.21. The van der Waals surface area contributed by atoms with Gasteiger partial charge in [0.25, 0.3) is 5.88 Å². The maximum atomic E-state index is 12.4. The van der Waals surface area contributed by atoms with Crippen LogP contribution in [0.2, 0.25) is 0 Å². The summed E-state index contributed by atoms with van der Waals surface area (Å²) in [5.74, 6) is -2.37. The first-order valence-electron chi connectivity index (χ1n) is 14.4. The molecule has 3 aromatic heterocycles. The summed E-state index contributed by atoms with van der Waals surface area (Å²) in [4.78, 5) is 56.7. The Morgan fingerprint density at radius 3 is 2.26 bits per heavy atom. The predicted molar refractivity (Wildman–Crippen MR) is 152 cm³/mol. The zero-order valence-electron chi connectivity index (χ0n) is 23.9. The summed E-state index contributed by atoms with van der Waals surface area (Å²) in [6.45, 7) is 7.83. The van der Waals surface area contributed by atoms with E-state index in [1.165, 1.54) is 36.6 Å². The molecule has 6 rings (SSSR count). The highest BCUT2D eigenvalue weighted by Crippen LogP contribution is 2.39. The molecule has 0 aromatic carbocycles. The Morgan fingerprint density at radius 2 is 1.53 bits per heavy atom. The lowest BCUT2D eigenvalue weighted by Crippen LogP contribution is -2.52. The van der Waals surface area contributed by atoms with Crippen molar-refractivity contribution in [2.75, 3.05) is 59.5 Å². The van der Waals surface area contributed by atoms with E-state index in [4.69, 9.17) is 23.0 Å². The van der Waals surface area contributed by atoms with Gasteiger partial charge in [0.05, 0.1) is 12.8 Å². The lowest BCUT2D eigenvalue weighted by atomic mass is 10.0. The Morgan fingerprint density at radius 1 is 0.860 bits per heavy atom. The van der Waals surface area contributed by atoms with Crippen LogP contribution in [0, 0.1) is 0 Å². The summed E-state index contributed by atoms with van der Waals surface area (Å²) in [7, 11) is 2.19. The zero-order chi connectivity index (χ0) is 29.9. The first kappa shape index (κ1) is 28.8. The van der Waals surface area contributed by atoms with Crippen molar-refractivity contribution in [2.24, 2.45) is 0 Å². The summed E-state index contributed by atoms with van der Waals surface area (Å²) in [5.41, 5.74) is -2.28. The van der Waals surface area contributed by atoms with Crippen molar-refractivity contribution in [2.45, 2.75) is 31.7 Å². The number of esters is 2. The van der Waals surface area contributed by atoms with Gasteiger partial charge in [-0.3, -0.25) is 4.90 Å². The Bertz CT molecular complexity index is 1690. The van der Waals surface area contributed by atoms with Gasteiger partial charge in [-0.1, -0.05) is 0 Å². The molecule has 3 aliphatic rings. The molecule has 14 nitrogen and oxygen atoms in total. The summed E-state index contributed by atoms with van der Waals surface area (Å²) < 4.78 is 28.6. The summed E-state index contributed by atoms with van der Waals surface area (Å²) in [6, 6.07) is 2.45. The number of carbonyl (C=O) groups is 2. The molecule has 2 saturated heterocycles. The number of hydrogen-bond acceptors (Lipinski definition) is 13. The fourth-order valence-corrected chi connectivity index (χ4v) is 5.68. The van der Waals surface area contributed by atoms with Crippen LogP contribution >= 0.6 is 0 Å². The van der Waals surface area contributed by atoms with Crippen molar-refractivity contribution in [1.82, 2.24) is 24.3 Å². The number of unbranched alkanes of at least 4 members (excludes halogenated alkanes) is 1. The molecule has 14 heteroatoms. The van der Waals surface area contributed by atoms with Crippen molar-refractivity contribution >= 4 is 28.6 Å². The molecule has 0 amide bonds. The number of ether oxygens (including phenoxy) is 3. The maximum absolute atomic E-state index is 12.4. The number of fused-ring (bicyclic) bond motifs is 2. The average Bonchev–Trinajstić information content (AvgIpc) is 3.34. The SMILES string of the molecule is CN1CCC(N2CCN(CCCCOc3nn4cc5c(c6oc(=O)ccc(=O)oc3c64)OC(=O)/C=C\C(=O)O5)CC2)CC1. The van der Waals surface area contributed by atoms with Crippen molar-refractivity contribution in [3.05, 3.63) is 51.3 Å². The molecule has 0 aliphatic carbocycles. The highest BCUT2D eigenvalue weighted by atomic mass is 16.6. The molecule has 0 N–H and O–H groups in total. The molecule has 0 spiro atoms. The second-order valence-electron chi connectivity index (χ2n) is 10.9. The number of pyridine rings is 1. The van der Waals surface area contributed by atoms with Crippen LogP contribution in [0.1, 0.15) is 25.7 Å². The van der Waals surface area contributed by atoms with E-state index in [2.05, 4.69) is 26.8 Å². The van der Waals surface area contributed by atoms with Crippen LogP contribution in [0.4, 0.5) is 0 Å². The van der Waals surface area contributed by atoms with Gasteiger partial charge in [0, 0.05) is 56.5 Å². The van der Waals surface area contributed by atoms with Gasteiger partial charge in [-0.25, -0.2) is 23.7 Å². The van der Waals surface area contributed by atoms with Gasteiger partial charge < -0.3 is 32.8 Å². The standard InChI is InChI=1S/C29H33N5O9/c1-31-11-8-19(9-12-31)33-15-13-32(14-16-33)10-2-3-17-39-29-28-25-27(42-23(37)6-7-24(38)43-28)26-20(18-34(25)30-29)40-21(35)4-5-22(36)41-26/h4-7,18-19H,2-3,8-17H2,1H3/b5-4-,7-6?. The second-order valence-corrected chi connectivity index (χ2v) is 10.9. The van der Waals surface area contributed by atoms with Crippen LogP contribution in [0.25, 0.3) is 16.7 Å². The number of piperidine rings is 1. The molecule has 43 heavy (non-hydrogen) atoms. The third-order valence-electron chi connectivity index (χ3n) is 7.97. The molecule has 0 bridgehead atoms. The monoisotopic (exact) mass is 595 g/mol. The summed E-state index contributed by atoms with van der Waals surface area (Å²) >= 11 is 0. The molecule has 2 fully saturated rings. The molecule has 3 aromatic rings. The van der Waals surface area contributed by atoms with Gasteiger partial charge in [0.2, 0.25) is 16.9 Å². The van der Waals surface area contributed by atoms with E-state index in [0.29, 0.717) is 6.04 Å². The quantitative estimate of drug-likeness (QED) is 0.285. The van der Waals surface area contributed by atoms with Gasteiger partial charge in [0.15, 0.2) is 11.3 Å². The zero-order valence-corrected chi connectivity index (χ0v) is 23.9. The third kappa shape index (κ3) is 6.55. The Labute approximate surface area is 245 Å². The molecule has 6 heterocycles. The van der Waals surface area contributed by atoms with Crippen molar-refractivity contribution in [3.63, 3.8) is 0 Å². The fraction of sp³-hybridized carbons (Fsp3) is 0.483. The minimum Gasteiger partial charge on any atom is -0.474 e. The number of aromatic nitrogens is 2. The lowest BCUT2D eigenvalue weighted by molar-refractivity contribution is -0.133. The van der Waals surface area contributed by atoms with Gasteiger partial charge in [0.1, 0.15) is 0 Å². The minimum atomic E-state index is -0.948. The Kier molecular flexibility index (Phi) is 8.40. The highest BCUT2D eigenvalue weighted by Gasteiger charge is 2.28. The number of rotatable bonds is 7. The van der Waals surface area contributed by atoms with Crippen LogP contribution in [0.15, 0.2) is 48.9 Å². The van der Waals surface area contributed by atoms with Gasteiger partial charge >= 0.3 is 23.2 Å². The second kappa shape index (κ2) is 12.5. The Hall–Kier alpha value is -4.27. The Balaban J connectivity index is 1.16. The molecule has 0 radical (unpaired) electrons. The normalized spacial score (nSPS) is 19.8. The average molecular weight is 596 g/mol.